The van der Waals surface area contributed by atoms with Crippen LogP contribution in [-0.2, 0) is 6.54 Å². The van der Waals surface area contributed by atoms with Crippen LogP contribution in [0.15, 0.2) is 11.4 Å². The third-order valence-corrected chi connectivity index (χ3v) is 4.17. The quantitative estimate of drug-likeness (QED) is 0.756. The molecule has 116 valence electrons. The molecule has 21 heavy (non-hydrogen) atoms. The lowest BCUT2D eigenvalue weighted by molar-refractivity contribution is 0.260. The van der Waals surface area contributed by atoms with Crippen LogP contribution >= 0.6 is 11.3 Å². The number of aromatic nitrogens is 2. The fourth-order valence-corrected chi connectivity index (χ4v) is 3.23. The van der Waals surface area contributed by atoms with Crippen LogP contribution < -0.4 is 5.32 Å². The molecule has 0 aliphatic heterocycles. The molecule has 0 bridgehead atoms. The summed E-state index contributed by atoms with van der Waals surface area (Å²) < 4.78 is 0. The highest BCUT2D eigenvalue weighted by Gasteiger charge is 2.11. The standard InChI is InChI=1S/C16H26N4S/c1-4-8-17-15-13-7-11-21-16(13)19-14(18-15)12-20(9-5-2)10-6-3/h7,11H,4-6,8-10,12H2,1-3H3,(H,17,18,19). The van der Waals surface area contributed by atoms with E-state index < -0.39 is 0 Å². The molecule has 0 fully saturated rings. The van der Waals surface area contributed by atoms with Gasteiger partial charge >= 0.3 is 0 Å². The topological polar surface area (TPSA) is 41.1 Å². The predicted molar refractivity (Wildman–Crippen MR) is 92.1 cm³/mol. The van der Waals surface area contributed by atoms with E-state index in [0.717, 1.165) is 54.5 Å². The summed E-state index contributed by atoms with van der Waals surface area (Å²) in [7, 11) is 0. The van der Waals surface area contributed by atoms with Crippen LogP contribution in [0.4, 0.5) is 5.82 Å². The molecule has 0 unspecified atom stereocenters. The van der Waals surface area contributed by atoms with E-state index in [1.54, 1.807) is 11.3 Å². The van der Waals surface area contributed by atoms with Gasteiger partial charge in [0.2, 0.25) is 0 Å². The number of hydrogen-bond acceptors (Lipinski definition) is 5. The first kappa shape index (κ1) is 16.2. The molecule has 0 aromatic carbocycles. The minimum absolute atomic E-state index is 0.844. The second-order valence-electron chi connectivity index (χ2n) is 5.33. The highest BCUT2D eigenvalue weighted by atomic mass is 32.1. The Morgan fingerprint density at radius 1 is 1.10 bits per heavy atom. The van der Waals surface area contributed by atoms with Gasteiger partial charge in [0.05, 0.1) is 11.9 Å². The highest BCUT2D eigenvalue weighted by molar-refractivity contribution is 7.16. The van der Waals surface area contributed by atoms with E-state index in [-0.39, 0.29) is 0 Å². The third kappa shape index (κ3) is 4.38. The summed E-state index contributed by atoms with van der Waals surface area (Å²) in [6.07, 6.45) is 3.44. The fraction of sp³-hybridized carbons (Fsp3) is 0.625. The van der Waals surface area contributed by atoms with Crippen molar-refractivity contribution in [2.75, 3.05) is 25.0 Å². The van der Waals surface area contributed by atoms with E-state index >= 15 is 0 Å². The van der Waals surface area contributed by atoms with Gasteiger partial charge in [-0.05, 0) is 43.8 Å². The molecule has 1 N–H and O–H groups in total. The van der Waals surface area contributed by atoms with Crippen molar-refractivity contribution < 1.29 is 0 Å². The van der Waals surface area contributed by atoms with E-state index in [9.17, 15) is 0 Å². The fourth-order valence-electron chi connectivity index (χ4n) is 2.45. The molecule has 4 nitrogen and oxygen atoms in total. The van der Waals surface area contributed by atoms with Crippen molar-refractivity contribution in [2.24, 2.45) is 0 Å². The van der Waals surface area contributed by atoms with Gasteiger partial charge in [-0.3, -0.25) is 4.90 Å². The molecule has 0 aliphatic carbocycles. The second kappa shape index (κ2) is 8.29. The summed E-state index contributed by atoms with van der Waals surface area (Å²) in [6.45, 7) is 10.6. The smallest absolute Gasteiger partial charge is 0.146 e. The average Bonchev–Trinajstić information content (AvgIpc) is 2.93. The summed E-state index contributed by atoms with van der Waals surface area (Å²) in [5.41, 5.74) is 0. The molecule has 0 spiro atoms. The molecule has 2 rings (SSSR count). The number of thiophene rings is 1. The number of nitrogens with zero attached hydrogens (tertiary/aromatic N) is 3. The van der Waals surface area contributed by atoms with Crippen LogP contribution in [0.25, 0.3) is 10.2 Å². The van der Waals surface area contributed by atoms with Crippen molar-refractivity contribution in [3.05, 3.63) is 17.3 Å². The van der Waals surface area contributed by atoms with Crippen LogP contribution in [0.3, 0.4) is 0 Å². The molecule has 0 atom stereocenters. The lowest BCUT2D eigenvalue weighted by Crippen LogP contribution is -2.26. The normalized spacial score (nSPS) is 11.4. The van der Waals surface area contributed by atoms with Crippen LogP contribution in [0.2, 0.25) is 0 Å². The van der Waals surface area contributed by atoms with E-state index in [1.807, 2.05) is 0 Å². The Hall–Kier alpha value is -1.20. The first-order valence-electron chi connectivity index (χ1n) is 7.98. The van der Waals surface area contributed by atoms with Gasteiger partial charge in [0.15, 0.2) is 0 Å². The second-order valence-corrected chi connectivity index (χ2v) is 6.23. The van der Waals surface area contributed by atoms with Gasteiger partial charge < -0.3 is 5.32 Å². The van der Waals surface area contributed by atoms with Crippen molar-refractivity contribution in [1.29, 1.82) is 0 Å². The minimum Gasteiger partial charge on any atom is -0.369 e. The maximum atomic E-state index is 4.76. The monoisotopic (exact) mass is 306 g/mol. The SMILES string of the molecule is CCCNc1nc(CN(CCC)CCC)nc2sccc12. The van der Waals surface area contributed by atoms with Crippen LogP contribution in [-0.4, -0.2) is 34.5 Å². The summed E-state index contributed by atoms with van der Waals surface area (Å²) in [5, 5.41) is 6.68. The maximum absolute atomic E-state index is 4.76. The molecule has 2 aromatic heterocycles. The zero-order valence-electron chi connectivity index (χ0n) is 13.4. The Bertz CT molecular complexity index is 546. The molecule has 0 saturated heterocycles. The molecular weight excluding hydrogens is 280 g/mol. The van der Waals surface area contributed by atoms with Gasteiger partial charge in [0.25, 0.3) is 0 Å². The van der Waals surface area contributed by atoms with Gasteiger partial charge in [-0.25, -0.2) is 9.97 Å². The van der Waals surface area contributed by atoms with Gasteiger partial charge in [-0.1, -0.05) is 20.8 Å². The Kier molecular flexibility index (Phi) is 6.39. The first-order chi connectivity index (χ1) is 10.3. The number of fused-ring (bicyclic) bond motifs is 1. The van der Waals surface area contributed by atoms with Crippen molar-refractivity contribution in [3.63, 3.8) is 0 Å². The zero-order valence-corrected chi connectivity index (χ0v) is 14.2. The van der Waals surface area contributed by atoms with Gasteiger partial charge in [0, 0.05) is 6.54 Å². The van der Waals surface area contributed by atoms with Crippen molar-refractivity contribution >= 4 is 27.4 Å². The lowest BCUT2D eigenvalue weighted by atomic mass is 10.3. The van der Waals surface area contributed by atoms with Gasteiger partial charge in [-0.15, -0.1) is 11.3 Å². The Morgan fingerprint density at radius 3 is 2.52 bits per heavy atom. The highest BCUT2D eigenvalue weighted by Crippen LogP contribution is 2.25. The summed E-state index contributed by atoms with van der Waals surface area (Å²) in [5.74, 6) is 1.93. The Morgan fingerprint density at radius 2 is 1.86 bits per heavy atom. The number of nitrogens with one attached hydrogen (secondary N) is 1. The van der Waals surface area contributed by atoms with E-state index in [4.69, 9.17) is 9.97 Å². The van der Waals surface area contributed by atoms with E-state index in [2.05, 4.69) is 42.4 Å². The number of hydrogen-bond donors (Lipinski definition) is 1. The van der Waals surface area contributed by atoms with Gasteiger partial charge in [-0.2, -0.15) is 0 Å². The van der Waals surface area contributed by atoms with Crippen molar-refractivity contribution in [3.8, 4) is 0 Å². The number of rotatable bonds is 9. The predicted octanol–water partition coefficient (Wildman–Crippen LogP) is 4.14. The van der Waals surface area contributed by atoms with E-state index in [1.165, 1.54) is 12.8 Å². The first-order valence-corrected chi connectivity index (χ1v) is 8.86. The molecule has 0 amide bonds. The zero-order chi connectivity index (χ0) is 15.1. The van der Waals surface area contributed by atoms with Crippen molar-refractivity contribution in [1.82, 2.24) is 14.9 Å². The Balaban J connectivity index is 2.21. The van der Waals surface area contributed by atoms with E-state index in [0.29, 0.717) is 0 Å². The lowest BCUT2D eigenvalue weighted by Gasteiger charge is -2.20. The number of anilines is 1. The molecule has 0 saturated carbocycles. The van der Waals surface area contributed by atoms with Crippen LogP contribution in [0, 0.1) is 0 Å². The molecular formula is C16H26N4S. The van der Waals surface area contributed by atoms with Crippen LogP contribution in [0.5, 0.6) is 0 Å². The summed E-state index contributed by atoms with van der Waals surface area (Å²) in [6, 6.07) is 2.11. The molecule has 0 aliphatic rings. The average molecular weight is 306 g/mol. The van der Waals surface area contributed by atoms with Gasteiger partial charge in [0.1, 0.15) is 16.5 Å². The van der Waals surface area contributed by atoms with Crippen LogP contribution in [0.1, 0.15) is 45.9 Å². The minimum atomic E-state index is 0.844. The molecule has 2 aromatic rings. The maximum Gasteiger partial charge on any atom is 0.146 e. The summed E-state index contributed by atoms with van der Waals surface area (Å²) >= 11 is 1.69. The molecule has 2 heterocycles. The third-order valence-electron chi connectivity index (χ3n) is 3.36. The largest absolute Gasteiger partial charge is 0.369 e. The molecule has 5 heteroatoms. The summed E-state index contributed by atoms with van der Waals surface area (Å²) in [4.78, 5) is 13.0. The van der Waals surface area contributed by atoms with Crippen molar-refractivity contribution in [2.45, 2.75) is 46.6 Å². The Labute approximate surface area is 131 Å². The molecule has 0 radical (unpaired) electrons.